The standard InChI is InChI=1S/C19H24N4O4/c1-19(13-8-4-2-5-9-13)16(25)23(18(27)22-19)12-15(24)21-17(26)20-14-10-6-3-7-11-14/h2,4-5,8-9,14H,3,6-7,10-12H2,1H3,(H,22,27)(H2,20,21,24,26). The molecule has 6 amide bonds. The Morgan fingerprint density at radius 3 is 2.48 bits per heavy atom. The topological polar surface area (TPSA) is 108 Å². The molecule has 0 spiro atoms. The number of rotatable bonds is 4. The molecule has 0 aromatic heterocycles. The van der Waals surface area contributed by atoms with Crippen LogP contribution in [0, 0.1) is 0 Å². The highest BCUT2D eigenvalue weighted by molar-refractivity contribution is 6.10. The van der Waals surface area contributed by atoms with Crippen molar-refractivity contribution in [2.45, 2.75) is 50.6 Å². The molecule has 0 radical (unpaired) electrons. The number of urea groups is 2. The van der Waals surface area contributed by atoms with Crippen LogP contribution in [-0.4, -0.2) is 41.4 Å². The van der Waals surface area contributed by atoms with E-state index in [4.69, 9.17) is 0 Å². The molecule has 1 saturated carbocycles. The van der Waals surface area contributed by atoms with Gasteiger partial charge in [-0.1, -0.05) is 49.6 Å². The zero-order valence-corrected chi connectivity index (χ0v) is 15.3. The minimum absolute atomic E-state index is 0.0599. The average Bonchev–Trinajstić information content (AvgIpc) is 2.87. The van der Waals surface area contributed by atoms with Gasteiger partial charge in [-0.15, -0.1) is 0 Å². The zero-order valence-electron chi connectivity index (χ0n) is 15.3. The summed E-state index contributed by atoms with van der Waals surface area (Å²) in [6.45, 7) is 1.08. The molecule has 1 aliphatic heterocycles. The van der Waals surface area contributed by atoms with Gasteiger partial charge in [0.15, 0.2) is 0 Å². The molecule has 0 bridgehead atoms. The lowest BCUT2D eigenvalue weighted by atomic mass is 9.92. The maximum absolute atomic E-state index is 12.7. The number of nitrogens with zero attached hydrogens (tertiary/aromatic N) is 1. The lowest BCUT2D eigenvalue weighted by Crippen LogP contribution is -2.49. The van der Waals surface area contributed by atoms with Gasteiger partial charge in [-0.05, 0) is 25.3 Å². The van der Waals surface area contributed by atoms with Crippen LogP contribution in [0.25, 0.3) is 0 Å². The number of hydrogen-bond acceptors (Lipinski definition) is 4. The monoisotopic (exact) mass is 372 g/mol. The molecule has 1 aromatic carbocycles. The molecule has 2 fully saturated rings. The molecule has 144 valence electrons. The van der Waals surface area contributed by atoms with E-state index in [0.717, 1.165) is 37.0 Å². The van der Waals surface area contributed by atoms with Crippen LogP contribution >= 0.6 is 0 Å². The quantitative estimate of drug-likeness (QED) is 0.698. The fourth-order valence-electron chi connectivity index (χ4n) is 3.59. The summed E-state index contributed by atoms with van der Waals surface area (Å²) < 4.78 is 0. The highest BCUT2D eigenvalue weighted by atomic mass is 16.2. The Balaban J connectivity index is 1.58. The fourth-order valence-corrected chi connectivity index (χ4v) is 3.59. The molecule has 8 heteroatoms. The van der Waals surface area contributed by atoms with Crippen LogP contribution in [0.15, 0.2) is 30.3 Å². The van der Waals surface area contributed by atoms with E-state index in [9.17, 15) is 19.2 Å². The highest BCUT2D eigenvalue weighted by Crippen LogP contribution is 2.28. The fraction of sp³-hybridized carbons (Fsp3) is 0.474. The third kappa shape index (κ3) is 4.10. The van der Waals surface area contributed by atoms with E-state index in [1.165, 1.54) is 0 Å². The van der Waals surface area contributed by atoms with Crippen molar-refractivity contribution >= 4 is 23.9 Å². The van der Waals surface area contributed by atoms with E-state index < -0.39 is 36.0 Å². The van der Waals surface area contributed by atoms with Crippen molar-refractivity contribution in [3.63, 3.8) is 0 Å². The maximum atomic E-state index is 12.7. The average molecular weight is 372 g/mol. The summed E-state index contributed by atoms with van der Waals surface area (Å²) >= 11 is 0. The molecular formula is C19H24N4O4. The summed E-state index contributed by atoms with van der Waals surface area (Å²) in [7, 11) is 0. The second-order valence-corrected chi connectivity index (χ2v) is 7.17. The second kappa shape index (κ2) is 7.77. The van der Waals surface area contributed by atoms with Crippen LogP contribution in [0.2, 0.25) is 0 Å². The molecule has 27 heavy (non-hydrogen) atoms. The van der Waals surface area contributed by atoms with Gasteiger partial charge in [0.2, 0.25) is 5.91 Å². The summed E-state index contributed by atoms with van der Waals surface area (Å²) in [6, 6.07) is 7.63. The predicted molar refractivity (Wildman–Crippen MR) is 97.6 cm³/mol. The Kier molecular flexibility index (Phi) is 5.43. The Morgan fingerprint density at radius 2 is 1.81 bits per heavy atom. The molecule has 1 aliphatic carbocycles. The van der Waals surface area contributed by atoms with Crippen LogP contribution in [-0.2, 0) is 15.1 Å². The predicted octanol–water partition coefficient (Wildman–Crippen LogP) is 1.61. The Bertz CT molecular complexity index is 745. The number of imide groups is 2. The molecule has 1 heterocycles. The number of carbonyl (C=O) groups is 4. The van der Waals surface area contributed by atoms with Crippen molar-refractivity contribution in [2.75, 3.05) is 6.54 Å². The number of nitrogens with one attached hydrogen (secondary N) is 3. The molecule has 1 aromatic rings. The molecule has 3 rings (SSSR count). The second-order valence-electron chi connectivity index (χ2n) is 7.17. The van der Waals surface area contributed by atoms with Gasteiger partial charge < -0.3 is 10.6 Å². The van der Waals surface area contributed by atoms with Gasteiger partial charge >= 0.3 is 12.1 Å². The molecule has 1 saturated heterocycles. The molecule has 3 N–H and O–H groups in total. The molecular weight excluding hydrogens is 348 g/mol. The van der Waals surface area contributed by atoms with Crippen molar-refractivity contribution in [1.82, 2.24) is 20.9 Å². The van der Waals surface area contributed by atoms with Crippen LogP contribution < -0.4 is 16.0 Å². The lowest BCUT2D eigenvalue weighted by molar-refractivity contribution is -0.134. The van der Waals surface area contributed by atoms with Gasteiger partial charge in [0.25, 0.3) is 5.91 Å². The summed E-state index contributed by atoms with van der Waals surface area (Å²) in [5.41, 5.74) is -0.607. The SMILES string of the molecule is CC1(c2ccccc2)NC(=O)N(CC(=O)NC(=O)NC2CCCCC2)C1=O. The maximum Gasteiger partial charge on any atom is 0.325 e. The molecule has 1 atom stereocenters. The Hall–Kier alpha value is -2.90. The third-order valence-electron chi connectivity index (χ3n) is 5.12. The molecule has 8 nitrogen and oxygen atoms in total. The van der Waals surface area contributed by atoms with Crippen LogP contribution in [0.5, 0.6) is 0 Å². The van der Waals surface area contributed by atoms with E-state index >= 15 is 0 Å². The van der Waals surface area contributed by atoms with Crippen LogP contribution in [0.1, 0.15) is 44.6 Å². The number of carbonyl (C=O) groups excluding carboxylic acids is 4. The zero-order chi connectivity index (χ0) is 19.4. The van der Waals surface area contributed by atoms with Crippen molar-refractivity contribution in [1.29, 1.82) is 0 Å². The lowest BCUT2D eigenvalue weighted by Gasteiger charge is -2.23. The van der Waals surface area contributed by atoms with Gasteiger partial charge in [0.05, 0.1) is 0 Å². The number of benzene rings is 1. The van der Waals surface area contributed by atoms with E-state index in [2.05, 4.69) is 16.0 Å². The van der Waals surface area contributed by atoms with Crippen molar-refractivity contribution in [3.05, 3.63) is 35.9 Å². The first-order valence-corrected chi connectivity index (χ1v) is 9.20. The minimum Gasteiger partial charge on any atom is -0.335 e. The summed E-state index contributed by atoms with van der Waals surface area (Å²) in [6.07, 6.45) is 5.05. The first-order chi connectivity index (χ1) is 12.9. The summed E-state index contributed by atoms with van der Waals surface area (Å²) in [4.78, 5) is 49.9. The smallest absolute Gasteiger partial charge is 0.325 e. The third-order valence-corrected chi connectivity index (χ3v) is 5.12. The first kappa shape index (κ1) is 18.9. The van der Waals surface area contributed by atoms with E-state index in [1.807, 2.05) is 6.07 Å². The van der Waals surface area contributed by atoms with E-state index in [0.29, 0.717) is 5.56 Å². The Labute approximate surface area is 157 Å². The van der Waals surface area contributed by atoms with Crippen molar-refractivity contribution in [2.24, 2.45) is 0 Å². The van der Waals surface area contributed by atoms with E-state index in [-0.39, 0.29) is 6.04 Å². The summed E-state index contributed by atoms with van der Waals surface area (Å²) in [5, 5.41) is 7.59. The van der Waals surface area contributed by atoms with Gasteiger partial charge in [-0.3, -0.25) is 19.8 Å². The van der Waals surface area contributed by atoms with Crippen LogP contribution in [0.3, 0.4) is 0 Å². The van der Waals surface area contributed by atoms with Gasteiger partial charge in [-0.2, -0.15) is 0 Å². The largest absolute Gasteiger partial charge is 0.335 e. The molecule has 1 unspecified atom stereocenters. The van der Waals surface area contributed by atoms with Crippen molar-refractivity contribution < 1.29 is 19.2 Å². The van der Waals surface area contributed by atoms with E-state index in [1.54, 1.807) is 31.2 Å². The molecule has 2 aliphatic rings. The Morgan fingerprint density at radius 1 is 1.15 bits per heavy atom. The van der Waals surface area contributed by atoms with Crippen molar-refractivity contribution in [3.8, 4) is 0 Å². The van der Waals surface area contributed by atoms with Gasteiger partial charge in [0, 0.05) is 6.04 Å². The normalized spacial score (nSPS) is 23.1. The number of hydrogen-bond donors (Lipinski definition) is 3. The van der Waals surface area contributed by atoms with Gasteiger partial charge in [-0.25, -0.2) is 9.59 Å². The highest BCUT2D eigenvalue weighted by Gasteiger charge is 2.49. The first-order valence-electron chi connectivity index (χ1n) is 9.20. The van der Waals surface area contributed by atoms with Gasteiger partial charge in [0.1, 0.15) is 12.1 Å². The van der Waals surface area contributed by atoms with Crippen LogP contribution in [0.4, 0.5) is 9.59 Å². The summed E-state index contributed by atoms with van der Waals surface area (Å²) in [5.74, 6) is -1.23. The number of amides is 6. The minimum atomic E-state index is -1.23.